The molecule has 0 radical (unpaired) electrons. The first kappa shape index (κ1) is 11.4. The minimum atomic E-state index is -0.163. The number of carbonyl (C=O) groups excluding carboxylic acids is 1. The summed E-state index contributed by atoms with van der Waals surface area (Å²) < 4.78 is 4.58. The van der Waals surface area contributed by atoms with Crippen LogP contribution in [-0.2, 0) is 9.53 Å². The monoisotopic (exact) mass is 173 g/mol. The van der Waals surface area contributed by atoms with E-state index in [1.165, 1.54) is 7.11 Å². The van der Waals surface area contributed by atoms with Crippen LogP contribution in [0.5, 0.6) is 0 Å². The molecule has 0 rings (SSSR count). The van der Waals surface area contributed by atoms with E-state index in [9.17, 15) is 4.79 Å². The Morgan fingerprint density at radius 2 is 1.92 bits per heavy atom. The number of methoxy groups -OCH3 is 1. The Labute approximate surface area is 74.7 Å². The number of esters is 1. The van der Waals surface area contributed by atoms with Gasteiger partial charge in [0.15, 0.2) is 0 Å². The van der Waals surface area contributed by atoms with Crippen LogP contribution in [0.1, 0.15) is 26.7 Å². The first-order chi connectivity index (χ1) is 5.65. The lowest BCUT2D eigenvalue weighted by Gasteiger charge is -2.24. The molecular weight excluding hydrogens is 154 g/mol. The highest BCUT2D eigenvalue weighted by Gasteiger charge is 2.13. The summed E-state index contributed by atoms with van der Waals surface area (Å²) in [5, 5.41) is 0. The SMILES string of the molecule is CCC(CC)N(C)CC(=O)OC. The van der Waals surface area contributed by atoms with Crippen molar-refractivity contribution in [1.29, 1.82) is 0 Å². The number of hydrogen-bond acceptors (Lipinski definition) is 3. The molecule has 0 unspecified atom stereocenters. The normalized spacial score (nSPS) is 10.8. The van der Waals surface area contributed by atoms with Crippen LogP contribution in [0, 0.1) is 0 Å². The molecule has 0 N–H and O–H groups in total. The summed E-state index contributed by atoms with van der Waals surface area (Å²) >= 11 is 0. The Bertz CT molecular complexity index is 132. The summed E-state index contributed by atoms with van der Waals surface area (Å²) in [7, 11) is 3.37. The molecule has 0 aromatic carbocycles. The van der Waals surface area contributed by atoms with Gasteiger partial charge in [0, 0.05) is 6.04 Å². The summed E-state index contributed by atoms with van der Waals surface area (Å²) in [5.41, 5.74) is 0. The molecule has 0 aromatic rings. The molecule has 0 spiro atoms. The van der Waals surface area contributed by atoms with E-state index in [-0.39, 0.29) is 5.97 Å². The summed E-state index contributed by atoms with van der Waals surface area (Å²) in [5.74, 6) is -0.163. The molecule has 0 aromatic heterocycles. The zero-order chi connectivity index (χ0) is 9.56. The molecule has 0 saturated heterocycles. The lowest BCUT2D eigenvalue weighted by molar-refractivity contribution is -0.142. The molecule has 0 heterocycles. The van der Waals surface area contributed by atoms with Crippen LogP contribution in [0.4, 0.5) is 0 Å². The molecule has 0 amide bonds. The number of hydrogen-bond donors (Lipinski definition) is 0. The number of rotatable bonds is 5. The van der Waals surface area contributed by atoms with Crippen LogP contribution in [0.25, 0.3) is 0 Å². The van der Waals surface area contributed by atoms with E-state index < -0.39 is 0 Å². The molecule has 0 bridgehead atoms. The van der Waals surface area contributed by atoms with Gasteiger partial charge in [-0.1, -0.05) is 13.8 Å². The fourth-order valence-corrected chi connectivity index (χ4v) is 1.31. The highest BCUT2D eigenvalue weighted by Crippen LogP contribution is 2.05. The van der Waals surface area contributed by atoms with Gasteiger partial charge in [0.05, 0.1) is 13.7 Å². The van der Waals surface area contributed by atoms with Crippen LogP contribution >= 0.6 is 0 Å². The van der Waals surface area contributed by atoms with Crippen molar-refractivity contribution in [3.05, 3.63) is 0 Å². The van der Waals surface area contributed by atoms with Crippen LogP contribution < -0.4 is 0 Å². The van der Waals surface area contributed by atoms with E-state index >= 15 is 0 Å². The topological polar surface area (TPSA) is 29.5 Å². The van der Waals surface area contributed by atoms with Crippen molar-refractivity contribution in [2.24, 2.45) is 0 Å². The predicted octanol–water partition coefficient (Wildman–Crippen LogP) is 1.28. The van der Waals surface area contributed by atoms with Crippen molar-refractivity contribution in [3.8, 4) is 0 Å². The standard InChI is InChI=1S/C9H19NO2/c1-5-8(6-2)10(3)7-9(11)12-4/h8H,5-7H2,1-4H3. The van der Waals surface area contributed by atoms with Crippen LogP contribution in [0.3, 0.4) is 0 Å². The highest BCUT2D eigenvalue weighted by molar-refractivity contribution is 5.71. The van der Waals surface area contributed by atoms with Crippen molar-refractivity contribution < 1.29 is 9.53 Å². The van der Waals surface area contributed by atoms with Gasteiger partial charge >= 0.3 is 5.97 Å². The van der Waals surface area contributed by atoms with Gasteiger partial charge in [-0.15, -0.1) is 0 Å². The Balaban J connectivity index is 3.83. The highest BCUT2D eigenvalue weighted by atomic mass is 16.5. The first-order valence-electron chi connectivity index (χ1n) is 4.42. The molecule has 0 fully saturated rings. The molecule has 0 saturated carbocycles. The van der Waals surface area contributed by atoms with E-state index in [1.54, 1.807) is 0 Å². The predicted molar refractivity (Wildman–Crippen MR) is 49.0 cm³/mol. The van der Waals surface area contributed by atoms with Crippen molar-refractivity contribution in [2.75, 3.05) is 20.7 Å². The molecule has 3 heteroatoms. The lowest BCUT2D eigenvalue weighted by Crippen LogP contribution is -2.35. The Hall–Kier alpha value is -0.570. The molecule has 12 heavy (non-hydrogen) atoms. The number of likely N-dealkylation sites (N-methyl/N-ethyl adjacent to an activating group) is 1. The summed E-state index contributed by atoms with van der Waals surface area (Å²) in [6.45, 7) is 4.65. The maximum Gasteiger partial charge on any atom is 0.319 e. The van der Waals surface area contributed by atoms with Gasteiger partial charge in [-0.25, -0.2) is 0 Å². The molecule has 0 aliphatic heterocycles. The van der Waals surface area contributed by atoms with E-state index in [1.807, 2.05) is 11.9 Å². The smallest absolute Gasteiger partial charge is 0.319 e. The fourth-order valence-electron chi connectivity index (χ4n) is 1.31. The summed E-state index contributed by atoms with van der Waals surface area (Å²) in [6.07, 6.45) is 2.15. The second-order valence-corrected chi connectivity index (χ2v) is 2.96. The minimum Gasteiger partial charge on any atom is -0.468 e. The maximum absolute atomic E-state index is 10.9. The molecule has 0 aliphatic rings. The van der Waals surface area contributed by atoms with Gasteiger partial charge < -0.3 is 4.74 Å². The summed E-state index contributed by atoms with van der Waals surface area (Å²) in [6, 6.07) is 0.490. The second kappa shape index (κ2) is 6.00. The average Bonchev–Trinajstić information content (AvgIpc) is 2.06. The van der Waals surface area contributed by atoms with Gasteiger partial charge in [0.25, 0.3) is 0 Å². The minimum absolute atomic E-state index is 0.163. The van der Waals surface area contributed by atoms with Crippen molar-refractivity contribution in [2.45, 2.75) is 32.7 Å². The van der Waals surface area contributed by atoms with E-state index in [2.05, 4.69) is 18.6 Å². The lowest BCUT2D eigenvalue weighted by atomic mass is 10.1. The van der Waals surface area contributed by atoms with Gasteiger partial charge in [-0.2, -0.15) is 0 Å². The fraction of sp³-hybridized carbons (Fsp3) is 0.889. The molecule has 3 nitrogen and oxygen atoms in total. The Kier molecular flexibility index (Phi) is 5.72. The molecular formula is C9H19NO2. The van der Waals surface area contributed by atoms with Crippen LogP contribution in [0.15, 0.2) is 0 Å². The van der Waals surface area contributed by atoms with Crippen LogP contribution in [0.2, 0.25) is 0 Å². The average molecular weight is 173 g/mol. The quantitative estimate of drug-likeness (QED) is 0.586. The summed E-state index contributed by atoms with van der Waals surface area (Å²) in [4.78, 5) is 12.9. The van der Waals surface area contributed by atoms with Crippen molar-refractivity contribution >= 4 is 5.97 Å². The van der Waals surface area contributed by atoms with Gasteiger partial charge in [0.2, 0.25) is 0 Å². The zero-order valence-electron chi connectivity index (χ0n) is 8.46. The molecule has 0 aliphatic carbocycles. The number of ether oxygens (including phenoxy) is 1. The van der Waals surface area contributed by atoms with Gasteiger partial charge in [0.1, 0.15) is 0 Å². The van der Waals surface area contributed by atoms with Crippen molar-refractivity contribution in [1.82, 2.24) is 4.90 Å². The number of nitrogens with zero attached hydrogens (tertiary/aromatic N) is 1. The second-order valence-electron chi connectivity index (χ2n) is 2.96. The van der Waals surface area contributed by atoms with E-state index in [0.717, 1.165) is 12.8 Å². The molecule has 0 atom stereocenters. The Morgan fingerprint density at radius 1 is 1.42 bits per heavy atom. The first-order valence-corrected chi connectivity index (χ1v) is 4.42. The Morgan fingerprint density at radius 3 is 2.25 bits per heavy atom. The molecule has 72 valence electrons. The zero-order valence-corrected chi connectivity index (χ0v) is 8.46. The van der Waals surface area contributed by atoms with Gasteiger partial charge in [-0.05, 0) is 19.9 Å². The third kappa shape index (κ3) is 3.72. The van der Waals surface area contributed by atoms with Gasteiger partial charge in [-0.3, -0.25) is 9.69 Å². The maximum atomic E-state index is 10.9. The third-order valence-electron chi connectivity index (χ3n) is 2.17. The van der Waals surface area contributed by atoms with Crippen LogP contribution in [-0.4, -0.2) is 37.6 Å². The van der Waals surface area contributed by atoms with E-state index in [0.29, 0.717) is 12.6 Å². The largest absolute Gasteiger partial charge is 0.468 e. The van der Waals surface area contributed by atoms with Crippen molar-refractivity contribution in [3.63, 3.8) is 0 Å². The van der Waals surface area contributed by atoms with E-state index in [4.69, 9.17) is 0 Å². The third-order valence-corrected chi connectivity index (χ3v) is 2.17. The number of carbonyl (C=O) groups is 1.